The molecule has 0 radical (unpaired) electrons. The highest BCUT2D eigenvalue weighted by Gasteiger charge is 2.27. The van der Waals surface area contributed by atoms with Gasteiger partial charge in [0.2, 0.25) is 10.0 Å². The third kappa shape index (κ3) is 3.80. The standard InChI is InChI=1S/C12H16N2O5S2/c13-8-1-2-11(10(7-8)12(15)16)21(18,19)14-9-3-5-20(17)6-4-9/h1-2,7,9,14H,3-6,13H2,(H,15,16). The maximum atomic E-state index is 12.3. The van der Waals surface area contributed by atoms with Gasteiger partial charge in [-0.2, -0.15) is 0 Å². The summed E-state index contributed by atoms with van der Waals surface area (Å²) in [5.74, 6) is -0.464. The molecule has 1 aliphatic rings. The molecular formula is C12H16N2O5S2. The number of hydrogen-bond acceptors (Lipinski definition) is 5. The van der Waals surface area contributed by atoms with Crippen LogP contribution in [-0.2, 0) is 20.8 Å². The summed E-state index contributed by atoms with van der Waals surface area (Å²) in [6, 6.07) is 3.32. The van der Waals surface area contributed by atoms with Gasteiger partial charge < -0.3 is 10.8 Å². The minimum atomic E-state index is -3.96. The van der Waals surface area contributed by atoms with E-state index in [0.717, 1.165) is 6.07 Å². The first-order valence-corrected chi connectivity index (χ1v) is 9.27. The van der Waals surface area contributed by atoms with Crippen molar-refractivity contribution < 1.29 is 22.5 Å². The van der Waals surface area contributed by atoms with E-state index in [2.05, 4.69) is 4.72 Å². The second-order valence-corrected chi connectivity index (χ2v) is 8.18. The molecule has 0 amide bonds. The molecule has 2 rings (SSSR count). The summed E-state index contributed by atoms with van der Waals surface area (Å²) in [6.07, 6.45) is 0.951. The predicted molar refractivity (Wildman–Crippen MR) is 79.0 cm³/mol. The molecule has 1 aromatic carbocycles. The fraction of sp³-hybridized carbons (Fsp3) is 0.417. The molecule has 1 aliphatic heterocycles. The number of nitrogen functional groups attached to an aromatic ring is 1. The van der Waals surface area contributed by atoms with Crippen LogP contribution in [0.2, 0.25) is 0 Å². The Bertz CT molecular complexity index is 677. The molecule has 7 nitrogen and oxygen atoms in total. The number of nitrogens with one attached hydrogen (secondary N) is 1. The second-order valence-electron chi connectivity index (χ2n) is 4.80. The van der Waals surface area contributed by atoms with Gasteiger partial charge in [-0.15, -0.1) is 0 Å². The molecular weight excluding hydrogens is 316 g/mol. The molecule has 0 bridgehead atoms. The number of carboxylic acid groups (broad SMARTS) is 1. The Balaban J connectivity index is 2.27. The summed E-state index contributed by atoms with van der Waals surface area (Å²) in [6.45, 7) is 0. The van der Waals surface area contributed by atoms with Crippen LogP contribution in [-0.4, -0.2) is 41.3 Å². The van der Waals surface area contributed by atoms with Crippen LogP contribution in [0.4, 0.5) is 5.69 Å². The fourth-order valence-electron chi connectivity index (χ4n) is 2.14. The predicted octanol–water partition coefficient (Wildman–Crippen LogP) is 0.156. The van der Waals surface area contributed by atoms with Crippen LogP contribution in [0.3, 0.4) is 0 Å². The molecule has 116 valence electrons. The number of anilines is 1. The zero-order valence-corrected chi connectivity index (χ0v) is 12.7. The Morgan fingerprint density at radius 1 is 1.33 bits per heavy atom. The molecule has 0 unspecified atom stereocenters. The van der Waals surface area contributed by atoms with Crippen molar-refractivity contribution in [3.63, 3.8) is 0 Å². The Morgan fingerprint density at radius 3 is 2.52 bits per heavy atom. The molecule has 1 saturated heterocycles. The smallest absolute Gasteiger partial charge is 0.337 e. The highest BCUT2D eigenvalue weighted by Crippen LogP contribution is 2.21. The lowest BCUT2D eigenvalue weighted by Gasteiger charge is -2.22. The fourth-order valence-corrected chi connectivity index (χ4v) is 4.93. The lowest BCUT2D eigenvalue weighted by atomic mass is 10.2. The van der Waals surface area contributed by atoms with Crippen LogP contribution in [0.15, 0.2) is 23.1 Å². The Kier molecular flexibility index (Phi) is 4.64. The molecule has 1 aromatic rings. The summed E-state index contributed by atoms with van der Waals surface area (Å²) in [4.78, 5) is 10.9. The summed E-state index contributed by atoms with van der Waals surface area (Å²) >= 11 is 0. The Morgan fingerprint density at radius 2 is 1.95 bits per heavy atom. The average Bonchev–Trinajstić information content (AvgIpc) is 2.40. The Hall–Kier alpha value is -1.45. The van der Waals surface area contributed by atoms with E-state index in [0.29, 0.717) is 24.3 Å². The van der Waals surface area contributed by atoms with E-state index in [9.17, 15) is 17.4 Å². The topological polar surface area (TPSA) is 127 Å². The van der Waals surface area contributed by atoms with Gasteiger partial charge in [0.05, 0.1) is 10.5 Å². The molecule has 0 aliphatic carbocycles. The van der Waals surface area contributed by atoms with Crippen molar-refractivity contribution in [2.24, 2.45) is 0 Å². The van der Waals surface area contributed by atoms with Crippen molar-refractivity contribution in [1.82, 2.24) is 4.72 Å². The third-order valence-electron chi connectivity index (χ3n) is 3.23. The quantitative estimate of drug-likeness (QED) is 0.674. The largest absolute Gasteiger partial charge is 0.478 e. The first-order chi connectivity index (χ1) is 9.79. The number of hydrogen-bond donors (Lipinski definition) is 3. The van der Waals surface area contributed by atoms with Gasteiger partial charge in [0.15, 0.2) is 0 Å². The van der Waals surface area contributed by atoms with Crippen molar-refractivity contribution >= 4 is 32.5 Å². The van der Waals surface area contributed by atoms with Crippen molar-refractivity contribution in [2.45, 2.75) is 23.8 Å². The van der Waals surface area contributed by atoms with Crippen LogP contribution in [0.5, 0.6) is 0 Å². The minimum Gasteiger partial charge on any atom is -0.478 e. The average molecular weight is 332 g/mol. The molecule has 0 spiro atoms. The van der Waals surface area contributed by atoms with Crippen LogP contribution >= 0.6 is 0 Å². The number of sulfonamides is 1. The normalized spacial score (nSPS) is 22.9. The van der Waals surface area contributed by atoms with Gasteiger partial charge in [-0.25, -0.2) is 17.9 Å². The molecule has 0 saturated carbocycles. The summed E-state index contributed by atoms with van der Waals surface area (Å²) in [5, 5.41) is 9.11. The molecule has 1 heterocycles. The van der Waals surface area contributed by atoms with Gasteiger partial charge in [-0.05, 0) is 31.0 Å². The molecule has 0 atom stereocenters. The molecule has 1 fully saturated rings. The molecule has 0 aromatic heterocycles. The first kappa shape index (κ1) is 15.9. The van der Waals surface area contributed by atoms with E-state index >= 15 is 0 Å². The second kappa shape index (κ2) is 6.12. The highest BCUT2D eigenvalue weighted by molar-refractivity contribution is 7.89. The maximum absolute atomic E-state index is 12.3. The van der Waals surface area contributed by atoms with Gasteiger partial charge in [-0.3, -0.25) is 4.21 Å². The van der Waals surface area contributed by atoms with E-state index in [1.165, 1.54) is 12.1 Å². The maximum Gasteiger partial charge on any atom is 0.337 e. The van der Waals surface area contributed by atoms with Crippen LogP contribution in [0, 0.1) is 0 Å². The van der Waals surface area contributed by atoms with Crippen molar-refractivity contribution in [3.05, 3.63) is 23.8 Å². The first-order valence-electron chi connectivity index (χ1n) is 6.30. The van der Waals surface area contributed by atoms with Gasteiger partial charge in [0.25, 0.3) is 0 Å². The highest BCUT2D eigenvalue weighted by atomic mass is 32.2. The lowest BCUT2D eigenvalue weighted by Crippen LogP contribution is -2.40. The van der Waals surface area contributed by atoms with Crippen LogP contribution in [0.1, 0.15) is 23.2 Å². The number of benzene rings is 1. The van der Waals surface area contributed by atoms with Crippen molar-refractivity contribution in [1.29, 1.82) is 0 Å². The van der Waals surface area contributed by atoms with Crippen molar-refractivity contribution in [2.75, 3.05) is 17.2 Å². The number of nitrogens with two attached hydrogens (primary N) is 1. The van der Waals surface area contributed by atoms with E-state index in [-0.39, 0.29) is 22.2 Å². The van der Waals surface area contributed by atoms with E-state index in [4.69, 9.17) is 10.8 Å². The number of carboxylic acids is 1. The number of aromatic carboxylic acids is 1. The monoisotopic (exact) mass is 332 g/mol. The van der Waals surface area contributed by atoms with Crippen molar-refractivity contribution in [3.8, 4) is 0 Å². The number of carbonyl (C=O) groups is 1. The lowest BCUT2D eigenvalue weighted by molar-refractivity contribution is 0.0692. The third-order valence-corrected chi connectivity index (χ3v) is 6.19. The number of rotatable bonds is 4. The zero-order valence-electron chi connectivity index (χ0n) is 11.1. The zero-order chi connectivity index (χ0) is 15.6. The van der Waals surface area contributed by atoms with Gasteiger partial charge in [-0.1, -0.05) is 0 Å². The molecule has 9 heteroatoms. The summed E-state index contributed by atoms with van der Waals surface area (Å²) < 4.78 is 38.4. The van der Waals surface area contributed by atoms with Crippen LogP contribution in [0.25, 0.3) is 0 Å². The van der Waals surface area contributed by atoms with E-state index < -0.39 is 26.8 Å². The summed E-state index contributed by atoms with van der Waals surface area (Å²) in [5.41, 5.74) is 5.32. The molecule has 21 heavy (non-hydrogen) atoms. The SMILES string of the molecule is Nc1ccc(S(=O)(=O)NC2CCS(=O)CC2)c(C(=O)O)c1. The summed E-state index contributed by atoms with van der Waals surface area (Å²) in [7, 11) is -4.85. The van der Waals surface area contributed by atoms with E-state index in [1.807, 2.05) is 0 Å². The van der Waals surface area contributed by atoms with E-state index in [1.54, 1.807) is 0 Å². The van der Waals surface area contributed by atoms with Crippen LogP contribution < -0.4 is 10.5 Å². The van der Waals surface area contributed by atoms with Gasteiger partial charge >= 0.3 is 5.97 Å². The van der Waals surface area contributed by atoms with Gasteiger partial charge in [0, 0.05) is 34.0 Å². The minimum absolute atomic E-state index is 0.180. The van der Waals surface area contributed by atoms with Gasteiger partial charge in [0.1, 0.15) is 0 Å². The molecule has 4 N–H and O–H groups in total. The Labute approximate surface area is 125 Å².